The van der Waals surface area contributed by atoms with Crippen molar-refractivity contribution in [1.82, 2.24) is 10.3 Å². The van der Waals surface area contributed by atoms with Crippen LogP contribution in [-0.2, 0) is 6.42 Å². The lowest BCUT2D eigenvalue weighted by Crippen LogP contribution is -2.48. The molecule has 0 unspecified atom stereocenters. The molecule has 138 valence electrons. The summed E-state index contributed by atoms with van der Waals surface area (Å²) in [6.45, 7) is 2.15. The molecule has 2 aromatic rings. The number of hydrogen-bond donors (Lipinski definition) is 2. The van der Waals surface area contributed by atoms with Gasteiger partial charge in [-0.2, -0.15) is 0 Å². The molecule has 0 saturated heterocycles. The number of nitrogens with one attached hydrogen (secondary N) is 2. The van der Waals surface area contributed by atoms with Gasteiger partial charge >= 0.3 is 0 Å². The molecular formula is C21H27N3OS. The topological polar surface area (TPSA) is 46.2 Å². The Morgan fingerprint density at radius 2 is 2.04 bits per heavy atom. The van der Waals surface area contributed by atoms with Crippen molar-refractivity contribution >= 4 is 23.0 Å². The predicted octanol–water partition coefficient (Wildman–Crippen LogP) is 4.63. The summed E-state index contributed by atoms with van der Waals surface area (Å²) in [6, 6.07) is 12.5. The van der Waals surface area contributed by atoms with Gasteiger partial charge in [0.05, 0.1) is 19.0 Å². The number of aryl methyl sites for hydroxylation is 2. The lowest BCUT2D eigenvalue weighted by molar-refractivity contribution is 0.362. The molecule has 1 saturated carbocycles. The zero-order valence-corrected chi connectivity index (χ0v) is 16.4. The number of aromatic nitrogens is 1. The van der Waals surface area contributed by atoms with E-state index in [9.17, 15) is 0 Å². The van der Waals surface area contributed by atoms with Crippen molar-refractivity contribution < 1.29 is 4.74 Å². The smallest absolute Gasteiger partial charge is 0.213 e. The largest absolute Gasteiger partial charge is 0.481 e. The molecule has 1 aliphatic carbocycles. The number of benzene rings is 1. The van der Waals surface area contributed by atoms with Crippen LogP contribution in [0.25, 0.3) is 0 Å². The molecule has 0 bridgehead atoms. The second kappa shape index (κ2) is 8.49. The van der Waals surface area contributed by atoms with Gasteiger partial charge in [0, 0.05) is 11.6 Å². The third kappa shape index (κ3) is 4.94. The first kappa shape index (κ1) is 18.6. The van der Waals surface area contributed by atoms with Crippen molar-refractivity contribution in [2.24, 2.45) is 0 Å². The van der Waals surface area contributed by atoms with Gasteiger partial charge in [0.15, 0.2) is 5.11 Å². The predicted molar refractivity (Wildman–Crippen MR) is 111 cm³/mol. The van der Waals surface area contributed by atoms with E-state index in [2.05, 4.69) is 46.8 Å². The van der Waals surface area contributed by atoms with Crippen LogP contribution in [0.2, 0.25) is 0 Å². The maximum absolute atomic E-state index is 5.58. The molecule has 5 heteroatoms. The fourth-order valence-corrected chi connectivity index (χ4v) is 4.05. The fourth-order valence-electron chi connectivity index (χ4n) is 3.72. The third-order valence-corrected chi connectivity index (χ3v) is 5.32. The molecule has 1 heterocycles. The molecule has 0 radical (unpaired) electrons. The van der Waals surface area contributed by atoms with Crippen molar-refractivity contribution in [3.05, 3.63) is 53.7 Å². The maximum Gasteiger partial charge on any atom is 0.213 e. The van der Waals surface area contributed by atoms with Gasteiger partial charge in [0.1, 0.15) is 0 Å². The van der Waals surface area contributed by atoms with Gasteiger partial charge in [-0.1, -0.05) is 42.7 Å². The van der Waals surface area contributed by atoms with Gasteiger partial charge in [-0.25, -0.2) is 4.98 Å². The molecule has 4 nitrogen and oxygen atoms in total. The molecule has 26 heavy (non-hydrogen) atoms. The van der Waals surface area contributed by atoms with Crippen LogP contribution in [0.1, 0.15) is 43.2 Å². The highest BCUT2D eigenvalue weighted by Crippen LogP contribution is 2.34. The van der Waals surface area contributed by atoms with E-state index in [0.717, 1.165) is 18.5 Å². The lowest BCUT2D eigenvalue weighted by Gasteiger charge is -2.32. The minimum Gasteiger partial charge on any atom is -0.481 e. The molecule has 1 aliphatic rings. The van der Waals surface area contributed by atoms with E-state index < -0.39 is 0 Å². The first-order valence-electron chi connectivity index (χ1n) is 9.23. The molecule has 3 rings (SSSR count). The quantitative estimate of drug-likeness (QED) is 0.727. The van der Waals surface area contributed by atoms with E-state index in [1.807, 2.05) is 12.1 Å². The third-order valence-electron chi connectivity index (χ3n) is 5.12. The molecule has 0 aliphatic heterocycles. The molecule has 0 atom stereocenters. The average Bonchev–Trinajstić information content (AvgIpc) is 3.09. The first-order valence-corrected chi connectivity index (χ1v) is 9.64. The number of ether oxygens (including phenoxy) is 1. The van der Waals surface area contributed by atoms with E-state index in [0.29, 0.717) is 11.0 Å². The minimum atomic E-state index is 0.0910. The summed E-state index contributed by atoms with van der Waals surface area (Å²) in [6.07, 6.45) is 8.76. The summed E-state index contributed by atoms with van der Waals surface area (Å²) in [5.74, 6) is 0.597. The fraction of sp³-hybridized carbons (Fsp3) is 0.429. The van der Waals surface area contributed by atoms with Gasteiger partial charge < -0.3 is 15.4 Å². The van der Waals surface area contributed by atoms with Gasteiger partial charge in [-0.15, -0.1) is 0 Å². The average molecular weight is 370 g/mol. The highest BCUT2D eigenvalue weighted by molar-refractivity contribution is 7.80. The number of nitrogens with zero attached hydrogens (tertiary/aromatic N) is 1. The minimum absolute atomic E-state index is 0.0910. The number of methoxy groups -OCH3 is 1. The summed E-state index contributed by atoms with van der Waals surface area (Å²) in [5.41, 5.74) is 3.68. The Labute approximate surface area is 161 Å². The first-order chi connectivity index (χ1) is 12.6. The molecule has 1 aromatic heterocycles. The second-order valence-corrected chi connectivity index (χ2v) is 7.55. The van der Waals surface area contributed by atoms with Gasteiger partial charge in [0.2, 0.25) is 5.88 Å². The second-order valence-electron chi connectivity index (χ2n) is 7.14. The number of thiocarbonyl (C=S) groups is 1. The maximum atomic E-state index is 5.58. The number of anilines is 1. The van der Waals surface area contributed by atoms with Crippen LogP contribution in [0.5, 0.6) is 5.88 Å². The molecule has 2 N–H and O–H groups in total. The SMILES string of the molecule is COc1ccc(NC(=S)NC2(CCc3cccc(C)c3)CCCC2)cn1. The Kier molecular flexibility index (Phi) is 6.09. The van der Waals surface area contributed by atoms with Gasteiger partial charge in [-0.3, -0.25) is 0 Å². The summed E-state index contributed by atoms with van der Waals surface area (Å²) < 4.78 is 5.09. The van der Waals surface area contributed by atoms with Gasteiger partial charge in [0.25, 0.3) is 0 Å². The Morgan fingerprint density at radius 3 is 2.69 bits per heavy atom. The standard InChI is InChI=1S/C21H27N3OS/c1-16-6-5-7-17(14-16)10-13-21(11-3-4-12-21)24-20(26)23-18-8-9-19(25-2)22-15-18/h5-9,14-15H,3-4,10-13H2,1-2H3,(H2,23,24,26). The molecule has 1 aromatic carbocycles. The molecule has 1 fully saturated rings. The van der Waals surface area contributed by atoms with Crippen LogP contribution in [-0.4, -0.2) is 22.7 Å². The number of pyridine rings is 1. The van der Waals surface area contributed by atoms with E-state index in [1.54, 1.807) is 13.3 Å². The Balaban J connectivity index is 1.60. The molecule has 0 amide bonds. The zero-order chi connectivity index (χ0) is 18.4. The van der Waals surface area contributed by atoms with E-state index in [-0.39, 0.29) is 5.54 Å². The van der Waals surface area contributed by atoms with Crippen LogP contribution in [0.15, 0.2) is 42.6 Å². The normalized spacial score (nSPS) is 15.5. The summed E-state index contributed by atoms with van der Waals surface area (Å²) >= 11 is 5.58. The Morgan fingerprint density at radius 1 is 1.23 bits per heavy atom. The van der Waals surface area contributed by atoms with Crippen LogP contribution < -0.4 is 15.4 Å². The van der Waals surface area contributed by atoms with Gasteiger partial charge in [-0.05, 0) is 56.5 Å². The summed E-state index contributed by atoms with van der Waals surface area (Å²) in [7, 11) is 1.61. The van der Waals surface area contributed by atoms with Crippen LogP contribution in [0, 0.1) is 6.92 Å². The summed E-state index contributed by atoms with van der Waals surface area (Å²) in [4.78, 5) is 4.21. The highest BCUT2D eigenvalue weighted by Gasteiger charge is 2.34. The highest BCUT2D eigenvalue weighted by atomic mass is 32.1. The molecular weight excluding hydrogens is 342 g/mol. The van der Waals surface area contributed by atoms with Crippen LogP contribution >= 0.6 is 12.2 Å². The van der Waals surface area contributed by atoms with E-state index >= 15 is 0 Å². The Bertz CT molecular complexity index is 739. The van der Waals surface area contributed by atoms with Crippen molar-refractivity contribution in [2.45, 2.75) is 51.0 Å². The zero-order valence-electron chi connectivity index (χ0n) is 15.5. The van der Waals surface area contributed by atoms with Crippen LogP contribution in [0.3, 0.4) is 0 Å². The number of rotatable bonds is 6. The van der Waals surface area contributed by atoms with Crippen molar-refractivity contribution in [3.8, 4) is 5.88 Å². The Hall–Kier alpha value is -2.14. The summed E-state index contributed by atoms with van der Waals surface area (Å²) in [5, 5.41) is 7.54. The van der Waals surface area contributed by atoms with Crippen molar-refractivity contribution in [1.29, 1.82) is 0 Å². The monoisotopic (exact) mass is 369 g/mol. The lowest BCUT2D eigenvalue weighted by atomic mass is 9.89. The van der Waals surface area contributed by atoms with Crippen LogP contribution in [0.4, 0.5) is 5.69 Å². The van der Waals surface area contributed by atoms with E-state index in [1.165, 1.54) is 36.8 Å². The van der Waals surface area contributed by atoms with Crippen molar-refractivity contribution in [3.63, 3.8) is 0 Å². The van der Waals surface area contributed by atoms with E-state index in [4.69, 9.17) is 17.0 Å². The number of hydrogen-bond acceptors (Lipinski definition) is 3. The van der Waals surface area contributed by atoms with Crippen molar-refractivity contribution in [2.75, 3.05) is 12.4 Å². The molecule has 0 spiro atoms.